The van der Waals surface area contributed by atoms with E-state index in [1.165, 1.54) is 0 Å². The van der Waals surface area contributed by atoms with Crippen LogP contribution < -0.4 is 4.89 Å². The second kappa shape index (κ2) is 4.15. The highest BCUT2D eigenvalue weighted by Crippen LogP contribution is 2.08. The monoisotopic (exact) mass is 167 g/mol. The summed E-state index contributed by atoms with van der Waals surface area (Å²) in [5.74, 6) is 0.763. The fourth-order valence-electron chi connectivity index (χ4n) is 0.607. The molecule has 0 atom stereocenters. The highest BCUT2D eigenvalue weighted by atomic mass is 28.3. The molecule has 0 radical (unpaired) electrons. The smallest absolute Gasteiger partial charge is 0.159 e. The van der Waals surface area contributed by atoms with Crippen LogP contribution in [0.15, 0.2) is 30.3 Å². The first-order valence-corrected chi connectivity index (χ1v) is 5.89. The minimum Gasteiger partial charge on any atom is -0.414 e. The molecular weight excluding hydrogens is 156 g/mol. The van der Waals surface area contributed by atoms with Crippen LogP contribution >= 0.6 is 0 Å². The summed E-state index contributed by atoms with van der Waals surface area (Å²) in [5, 5.41) is 0. The summed E-state index contributed by atoms with van der Waals surface area (Å²) in [4.78, 5) is 5.01. The van der Waals surface area contributed by atoms with Crippen LogP contribution in [0.2, 0.25) is 13.1 Å². The molecule has 0 fully saturated rings. The lowest BCUT2D eigenvalue weighted by molar-refractivity contribution is -0.104. The van der Waals surface area contributed by atoms with Gasteiger partial charge in [0.05, 0.1) is 0 Å². The van der Waals surface area contributed by atoms with Crippen LogP contribution in [0.25, 0.3) is 0 Å². The quantitative estimate of drug-likeness (QED) is 0.390. The third kappa shape index (κ3) is 3.20. The molecule has 0 aliphatic heterocycles. The van der Waals surface area contributed by atoms with Gasteiger partial charge in [0.15, 0.2) is 5.75 Å². The van der Waals surface area contributed by atoms with Gasteiger partial charge in [0.25, 0.3) is 0 Å². The van der Waals surface area contributed by atoms with E-state index in [9.17, 15) is 0 Å². The predicted octanol–water partition coefficient (Wildman–Crippen LogP) is 2.25. The molecule has 0 amide bonds. The summed E-state index contributed by atoms with van der Waals surface area (Å²) in [6.07, 6.45) is 0. The van der Waals surface area contributed by atoms with E-state index in [2.05, 4.69) is 0 Å². The van der Waals surface area contributed by atoms with Crippen LogP contribution in [0, 0.1) is 0 Å². The van der Waals surface area contributed by atoms with Crippen molar-refractivity contribution in [3.8, 4) is 5.75 Å². The molecule has 3 heteroatoms. The first kappa shape index (κ1) is 8.29. The SMILES string of the molecule is C[Si-](C)OOc1ccccc1. The Bertz CT molecular complexity index is 199. The zero-order valence-corrected chi connectivity index (χ0v) is 7.70. The maximum absolute atomic E-state index is 5.03. The van der Waals surface area contributed by atoms with Crippen molar-refractivity contribution < 1.29 is 9.46 Å². The summed E-state index contributed by atoms with van der Waals surface area (Å²) in [5.41, 5.74) is 0. The summed E-state index contributed by atoms with van der Waals surface area (Å²) >= 11 is 0. The Morgan fingerprint density at radius 2 is 1.73 bits per heavy atom. The van der Waals surface area contributed by atoms with Crippen LogP contribution in [-0.2, 0) is 4.58 Å². The van der Waals surface area contributed by atoms with Crippen LogP contribution in [0.5, 0.6) is 5.75 Å². The van der Waals surface area contributed by atoms with E-state index in [4.69, 9.17) is 9.46 Å². The molecule has 0 aromatic heterocycles. The highest BCUT2D eigenvalue weighted by Gasteiger charge is 1.87. The standard InChI is InChI=1S/C8H11O2Si/c1-11(2)10-9-8-6-4-3-5-7-8/h3-7H,1-2H3/q-1. The van der Waals surface area contributed by atoms with E-state index in [-0.39, 0.29) is 0 Å². The van der Waals surface area contributed by atoms with Gasteiger partial charge in [-0.25, -0.2) is 0 Å². The molecule has 60 valence electrons. The normalized spacial score (nSPS) is 10.1. The summed E-state index contributed by atoms with van der Waals surface area (Å²) in [6.45, 7) is 4.04. The average Bonchev–Trinajstić information content (AvgIpc) is 2.03. The van der Waals surface area contributed by atoms with Gasteiger partial charge in [-0.3, -0.25) is 0 Å². The van der Waals surface area contributed by atoms with Crippen molar-refractivity contribution >= 4 is 9.04 Å². The molecule has 0 unspecified atom stereocenters. The zero-order chi connectivity index (χ0) is 8.10. The van der Waals surface area contributed by atoms with Gasteiger partial charge in [-0.1, -0.05) is 27.2 Å². The molecule has 2 nitrogen and oxygen atoms in total. The first-order valence-electron chi connectivity index (χ1n) is 3.49. The van der Waals surface area contributed by atoms with E-state index in [1.807, 2.05) is 43.4 Å². The van der Waals surface area contributed by atoms with E-state index in [0.29, 0.717) is 0 Å². The van der Waals surface area contributed by atoms with Gasteiger partial charge in [0.2, 0.25) is 0 Å². The average molecular weight is 167 g/mol. The molecule has 1 aromatic rings. The Labute approximate surface area is 68.4 Å². The second-order valence-corrected chi connectivity index (χ2v) is 4.37. The van der Waals surface area contributed by atoms with E-state index in [1.54, 1.807) is 0 Å². The predicted molar refractivity (Wildman–Crippen MR) is 45.6 cm³/mol. The number of hydrogen-bond acceptors (Lipinski definition) is 2. The fourth-order valence-corrected chi connectivity index (χ4v) is 0.870. The minimum atomic E-state index is -0.754. The Balaban J connectivity index is 2.39. The van der Waals surface area contributed by atoms with Crippen molar-refractivity contribution in [1.29, 1.82) is 0 Å². The largest absolute Gasteiger partial charge is 0.414 e. The zero-order valence-electron chi connectivity index (χ0n) is 6.70. The van der Waals surface area contributed by atoms with Gasteiger partial charge in [-0.05, 0) is 12.1 Å². The van der Waals surface area contributed by atoms with Crippen molar-refractivity contribution in [3.63, 3.8) is 0 Å². The topological polar surface area (TPSA) is 18.5 Å². The van der Waals surface area contributed by atoms with E-state index >= 15 is 0 Å². The van der Waals surface area contributed by atoms with Gasteiger partial charge in [0, 0.05) is 0 Å². The molecule has 0 spiro atoms. The summed E-state index contributed by atoms with van der Waals surface area (Å²) in [7, 11) is -0.754. The maximum Gasteiger partial charge on any atom is 0.159 e. The molecule has 1 rings (SSSR count). The van der Waals surface area contributed by atoms with Crippen molar-refractivity contribution in [2.75, 3.05) is 0 Å². The van der Waals surface area contributed by atoms with E-state index in [0.717, 1.165) is 5.75 Å². The molecular formula is C8H11O2Si-. The van der Waals surface area contributed by atoms with Gasteiger partial charge in [-0.15, -0.1) is 0 Å². The van der Waals surface area contributed by atoms with Crippen LogP contribution in [0.3, 0.4) is 0 Å². The maximum atomic E-state index is 5.03. The highest BCUT2D eigenvalue weighted by molar-refractivity contribution is 6.48. The first-order chi connectivity index (χ1) is 5.29. The van der Waals surface area contributed by atoms with Crippen molar-refractivity contribution in [2.45, 2.75) is 13.1 Å². The van der Waals surface area contributed by atoms with Crippen molar-refractivity contribution in [1.82, 2.24) is 0 Å². The van der Waals surface area contributed by atoms with Gasteiger partial charge in [-0.2, -0.15) is 13.1 Å². The molecule has 0 N–H and O–H groups in total. The number of hydrogen-bond donors (Lipinski definition) is 0. The Hall–Kier alpha value is -0.803. The van der Waals surface area contributed by atoms with Crippen molar-refractivity contribution in [3.05, 3.63) is 30.3 Å². The Morgan fingerprint density at radius 3 is 2.27 bits per heavy atom. The van der Waals surface area contributed by atoms with Crippen LogP contribution in [0.1, 0.15) is 0 Å². The third-order valence-electron chi connectivity index (χ3n) is 1.05. The molecule has 11 heavy (non-hydrogen) atoms. The Kier molecular flexibility index (Phi) is 3.13. The summed E-state index contributed by atoms with van der Waals surface area (Å²) < 4.78 is 5.03. The molecule has 0 saturated carbocycles. The molecule has 0 bridgehead atoms. The lowest BCUT2D eigenvalue weighted by Crippen LogP contribution is -2.10. The van der Waals surface area contributed by atoms with Crippen LogP contribution in [-0.4, -0.2) is 9.04 Å². The fraction of sp³-hybridized carbons (Fsp3) is 0.250. The molecule has 1 aromatic carbocycles. The Morgan fingerprint density at radius 1 is 1.09 bits per heavy atom. The number of para-hydroxylation sites is 1. The van der Waals surface area contributed by atoms with Gasteiger partial charge in [0.1, 0.15) is 0 Å². The molecule has 0 aliphatic carbocycles. The van der Waals surface area contributed by atoms with Crippen molar-refractivity contribution in [2.24, 2.45) is 0 Å². The number of benzene rings is 1. The second-order valence-electron chi connectivity index (χ2n) is 2.39. The van der Waals surface area contributed by atoms with Crippen LogP contribution in [0.4, 0.5) is 0 Å². The summed E-state index contributed by atoms with van der Waals surface area (Å²) in [6, 6.07) is 9.50. The third-order valence-corrected chi connectivity index (χ3v) is 1.46. The minimum absolute atomic E-state index is 0.754. The molecule has 0 aliphatic rings. The van der Waals surface area contributed by atoms with E-state index < -0.39 is 9.04 Å². The molecule has 0 heterocycles. The lowest BCUT2D eigenvalue weighted by Gasteiger charge is -2.17. The molecule has 0 saturated heterocycles. The van der Waals surface area contributed by atoms with Gasteiger partial charge >= 0.3 is 0 Å². The van der Waals surface area contributed by atoms with Gasteiger partial charge < -0.3 is 9.46 Å². The number of rotatable bonds is 3. The lowest BCUT2D eigenvalue weighted by atomic mass is 10.3.